The van der Waals surface area contributed by atoms with E-state index in [1.807, 2.05) is 37.4 Å². The van der Waals surface area contributed by atoms with Crippen molar-refractivity contribution in [2.75, 3.05) is 13.2 Å². The average Bonchev–Trinajstić information content (AvgIpc) is 3.05. The van der Waals surface area contributed by atoms with Crippen molar-refractivity contribution in [3.8, 4) is 11.5 Å². The summed E-state index contributed by atoms with van der Waals surface area (Å²) in [6.45, 7) is 7.51. The summed E-state index contributed by atoms with van der Waals surface area (Å²) in [4.78, 5) is 12.6. The number of hydrogen-bond donors (Lipinski definition) is 1. The standard InChI is InChI=1S/C20H27N3O3/c1-14(2)20(22-19(24)12-15(3)23-9-4-8-21-23)16-6-7-17-18(13-16)26-11-5-10-25-17/h4,6-9,13-15,20H,5,10-12H2,1-3H3,(H,22,24). The molecule has 0 radical (unpaired) electrons. The molecule has 2 atom stereocenters. The molecule has 0 fully saturated rings. The van der Waals surface area contributed by atoms with Crippen molar-refractivity contribution in [3.05, 3.63) is 42.2 Å². The SMILES string of the molecule is CC(C)C(NC(=O)CC(C)n1cccn1)c1ccc2c(c1)OCCCO2. The van der Waals surface area contributed by atoms with Gasteiger partial charge in [0.05, 0.1) is 25.3 Å². The Balaban J connectivity index is 1.71. The fraction of sp³-hybridized carbons (Fsp3) is 0.500. The lowest BCUT2D eigenvalue weighted by atomic mass is 9.95. The summed E-state index contributed by atoms with van der Waals surface area (Å²) in [7, 11) is 0. The van der Waals surface area contributed by atoms with E-state index in [9.17, 15) is 4.79 Å². The number of carbonyl (C=O) groups excluding carboxylic acids is 1. The van der Waals surface area contributed by atoms with Crippen LogP contribution in [0.2, 0.25) is 0 Å². The van der Waals surface area contributed by atoms with E-state index in [2.05, 4.69) is 24.3 Å². The minimum atomic E-state index is -0.0792. The van der Waals surface area contributed by atoms with Gasteiger partial charge in [0.2, 0.25) is 5.91 Å². The highest BCUT2D eigenvalue weighted by Gasteiger charge is 2.22. The summed E-state index contributed by atoms with van der Waals surface area (Å²) in [5.74, 6) is 1.79. The normalized spacial score (nSPS) is 16.0. The number of aromatic nitrogens is 2. The van der Waals surface area contributed by atoms with Crippen molar-refractivity contribution in [2.24, 2.45) is 5.92 Å². The van der Waals surface area contributed by atoms with Gasteiger partial charge in [-0.05, 0) is 36.6 Å². The monoisotopic (exact) mass is 357 g/mol. The van der Waals surface area contributed by atoms with Crippen LogP contribution in [-0.2, 0) is 4.79 Å². The summed E-state index contributed by atoms with van der Waals surface area (Å²) < 4.78 is 13.3. The topological polar surface area (TPSA) is 65.4 Å². The van der Waals surface area contributed by atoms with Gasteiger partial charge < -0.3 is 14.8 Å². The van der Waals surface area contributed by atoms with Crippen LogP contribution >= 0.6 is 0 Å². The fourth-order valence-corrected chi connectivity index (χ4v) is 3.14. The summed E-state index contributed by atoms with van der Waals surface area (Å²) in [6.07, 6.45) is 4.86. The molecule has 0 bridgehead atoms. The van der Waals surface area contributed by atoms with Crippen LogP contribution in [0, 0.1) is 5.92 Å². The van der Waals surface area contributed by atoms with Gasteiger partial charge in [-0.2, -0.15) is 5.10 Å². The molecule has 1 aromatic carbocycles. The predicted octanol–water partition coefficient (Wildman–Crippen LogP) is 3.51. The van der Waals surface area contributed by atoms with Crippen molar-refractivity contribution < 1.29 is 14.3 Å². The lowest BCUT2D eigenvalue weighted by Gasteiger charge is -2.24. The zero-order valence-electron chi connectivity index (χ0n) is 15.6. The first-order valence-corrected chi connectivity index (χ1v) is 9.22. The second-order valence-electron chi connectivity index (χ2n) is 7.09. The van der Waals surface area contributed by atoms with Crippen LogP contribution in [0.25, 0.3) is 0 Å². The van der Waals surface area contributed by atoms with Gasteiger partial charge in [0, 0.05) is 25.2 Å². The van der Waals surface area contributed by atoms with Crippen molar-refractivity contribution >= 4 is 5.91 Å². The van der Waals surface area contributed by atoms with Crippen molar-refractivity contribution in [2.45, 2.75) is 45.7 Å². The van der Waals surface area contributed by atoms with Crippen molar-refractivity contribution in [1.29, 1.82) is 0 Å². The lowest BCUT2D eigenvalue weighted by Crippen LogP contribution is -2.33. The van der Waals surface area contributed by atoms with Gasteiger partial charge in [-0.3, -0.25) is 9.48 Å². The minimum absolute atomic E-state index is 0.0128. The third-order valence-electron chi connectivity index (χ3n) is 4.57. The number of carbonyl (C=O) groups is 1. The maximum absolute atomic E-state index is 12.6. The van der Waals surface area contributed by atoms with Crippen LogP contribution < -0.4 is 14.8 Å². The molecule has 0 aliphatic carbocycles. The second kappa shape index (κ2) is 8.25. The largest absolute Gasteiger partial charge is 0.490 e. The van der Waals surface area contributed by atoms with Crippen LogP contribution in [0.1, 0.15) is 51.3 Å². The Morgan fingerprint density at radius 1 is 1.23 bits per heavy atom. The predicted molar refractivity (Wildman–Crippen MR) is 99.3 cm³/mol. The highest BCUT2D eigenvalue weighted by Crippen LogP contribution is 2.34. The highest BCUT2D eigenvalue weighted by atomic mass is 16.5. The molecule has 1 aromatic heterocycles. The minimum Gasteiger partial charge on any atom is -0.490 e. The Kier molecular flexibility index (Phi) is 5.81. The molecule has 2 unspecified atom stereocenters. The van der Waals surface area contributed by atoms with Crippen LogP contribution in [0.5, 0.6) is 11.5 Å². The number of nitrogens with one attached hydrogen (secondary N) is 1. The Bertz CT molecular complexity index is 728. The number of amides is 1. The number of benzene rings is 1. The Labute approximate surface area is 154 Å². The molecule has 1 amide bonds. The quantitative estimate of drug-likeness (QED) is 0.859. The number of hydrogen-bond acceptors (Lipinski definition) is 4. The molecule has 0 saturated carbocycles. The summed E-state index contributed by atoms with van der Waals surface area (Å²) in [5, 5.41) is 7.38. The molecular formula is C20H27N3O3. The zero-order valence-corrected chi connectivity index (χ0v) is 15.6. The number of rotatable bonds is 6. The van der Waals surface area contributed by atoms with Gasteiger partial charge in [0.25, 0.3) is 0 Å². The highest BCUT2D eigenvalue weighted by molar-refractivity contribution is 5.77. The molecule has 6 heteroatoms. The number of fused-ring (bicyclic) bond motifs is 1. The Morgan fingerprint density at radius 3 is 2.69 bits per heavy atom. The van der Waals surface area contributed by atoms with Gasteiger partial charge in [-0.25, -0.2) is 0 Å². The van der Waals surface area contributed by atoms with Crippen LogP contribution in [0.4, 0.5) is 0 Å². The molecule has 2 aromatic rings. The van der Waals surface area contributed by atoms with E-state index in [1.165, 1.54) is 0 Å². The number of nitrogens with zero attached hydrogens (tertiary/aromatic N) is 2. The maximum Gasteiger partial charge on any atom is 0.222 e. The molecule has 2 heterocycles. The smallest absolute Gasteiger partial charge is 0.222 e. The molecule has 1 N–H and O–H groups in total. The Hall–Kier alpha value is -2.50. The van der Waals surface area contributed by atoms with Gasteiger partial charge >= 0.3 is 0 Å². The van der Waals surface area contributed by atoms with Crippen LogP contribution in [0.15, 0.2) is 36.7 Å². The van der Waals surface area contributed by atoms with Crippen molar-refractivity contribution in [3.63, 3.8) is 0 Å². The average molecular weight is 357 g/mol. The van der Waals surface area contributed by atoms with E-state index in [4.69, 9.17) is 9.47 Å². The van der Waals surface area contributed by atoms with E-state index in [1.54, 1.807) is 10.9 Å². The van der Waals surface area contributed by atoms with Gasteiger partial charge in [-0.1, -0.05) is 19.9 Å². The van der Waals surface area contributed by atoms with E-state index in [0.29, 0.717) is 19.6 Å². The second-order valence-corrected chi connectivity index (χ2v) is 7.09. The van der Waals surface area contributed by atoms with Gasteiger partial charge in [0.1, 0.15) is 0 Å². The zero-order chi connectivity index (χ0) is 18.5. The fourth-order valence-electron chi connectivity index (χ4n) is 3.14. The summed E-state index contributed by atoms with van der Waals surface area (Å²) in [6, 6.07) is 7.73. The molecule has 3 rings (SSSR count). The molecule has 6 nitrogen and oxygen atoms in total. The first kappa shape index (κ1) is 18.3. The van der Waals surface area contributed by atoms with E-state index in [-0.39, 0.29) is 23.9 Å². The van der Waals surface area contributed by atoms with E-state index < -0.39 is 0 Å². The molecule has 1 aliphatic rings. The van der Waals surface area contributed by atoms with Crippen LogP contribution in [-0.4, -0.2) is 28.9 Å². The molecule has 26 heavy (non-hydrogen) atoms. The number of ether oxygens (including phenoxy) is 2. The molecule has 1 aliphatic heterocycles. The summed E-state index contributed by atoms with van der Waals surface area (Å²) in [5.41, 5.74) is 1.03. The molecule has 140 valence electrons. The van der Waals surface area contributed by atoms with Gasteiger partial charge in [0.15, 0.2) is 11.5 Å². The first-order valence-electron chi connectivity index (χ1n) is 9.22. The van der Waals surface area contributed by atoms with Gasteiger partial charge in [-0.15, -0.1) is 0 Å². The van der Waals surface area contributed by atoms with Crippen LogP contribution in [0.3, 0.4) is 0 Å². The maximum atomic E-state index is 12.6. The molecular weight excluding hydrogens is 330 g/mol. The summed E-state index contributed by atoms with van der Waals surface area (Å²) >= 11 is 0. The van der Waals surface area contributed by atoms with E-state index >= 15 is 0 Å². The Morgan fingerprint density at radius 2 is 2.00 bits per heavy atom. The first-order chi connectivity index (χ1) is 12.5. The third kappa shape index (κ3) is 4.36. The third-order valence-corrected chi connectivity index (χ3v) is 4.57. The molecule has 0 spiro atoms. The lowest BCUT2D eigenvalue weighted by molar-refractivity contribution is -0.122. The van der Waals surface area contributed by atoms with Crippen molar-refractivity contribution in [1.82, 2.24) is 15.1 Å². The van der Waals surface area contributed by atoms with E-state index in [0.717, 1.165) is 23.5 Å². The molecule has 0 saturated heterocycles.